The van der Waals surface area contributed by atoms with E-state index in [0.717, 1.165) is 44.0 Å². The summed E-state index contributed by atoms with van der Waals surface area (Å²) in [5, 5.41) is 0. The topological polar surface area (TPSA) is 45.7 Å². The highest BCUT2D eigenvalue weighted by Crippen LogP contribution is 2.41. The Hall–Kier alpha value is -2.92. The Balaban J connectivity index is 1.32. The quantitative estimate of drug-likeness (QED) is 0.589. The maximum Gasteiger partial charge on any atom is 0.342 e. The average molecular weight is 458 g/mol. The van der Waals surface area contributed by atoms with Crippen molar-refractivity contribution >= 4 is 17.4 Å². The Morgan fingerprint density at radius 3 is 2.71 bits per heavy atom. The van der Waals surface area contributed by atoms with E-state index in [1.54, 1.807) is 6.20 Å². The van der Waals surface area contributed by atoms with E-state index < -0.39 is 0 Å². The number of benzene rings is 1. The van der Waals surface area contributed by atoms with Gasteiger partial charge >= 0.3 is 5.97 Å². The van der Waals surface area contributed by atoms with Gasteiger partial charge in [0.25, 0.3) is 0 Å². The highest BCUT2D eigenvalue weighted by atomic mass is 16.5. The van der Waals surface area contributed by atoms with Crippen LogP contribution in [0.3, 0.4) is 0 Å². The van der Waals surface area contributed by atoms with Crippen LogP contribution >= 0.6 is 0 Å². The van der Waals surface area contributed by atoms with Crippen LogP contribution in [0.1, 0.15) is 47.3 Å². The number of fused-ring (bicyclic) bond motifs is 1. The lowest BCUT2D eigenvalue weighted by Crippen LogP contribution is -2.36. The normalized spacial score (nSPS) is 24.4. The third kappa shape index (κ3) is 4.29. The van der Waals surface area contributed by atoms with E-state index in [4.69, 9.17) is 4.74 Å². The van der Waals surface area contributed by atoms with E-state index in [1.807, 2.05) is 26.8 Å². The van der Waals surface area contributed by atoms with Gasteiger partial charge < -0.3 is 9.64 Å². The fourth-order valence-electron chi connectivity index (χ4n) is 5.84. The molecule has 3 atom stereocenters. The predicted molar refractivity (Wildman–Crippen MR) is 137 cm³/mol. The summed E-state index contributed by atoms with van der Waals surface area (Å²) in [7, 11) is 0. The number of aromatic nitrogens is 1. The fraction of sp³-hybridized carbons (Fsp3) is 0.448. The number of aryl methyl sites for hydroxylation is 2. The van der Waals surface area contributed by atoms with Crippen LogP contribution in [-0.4, -0.2) is 54.2 Å². The molecule has 2 fully saturated rings. The molecule has 178 valence electrons. The minimum Gasteiger partial charge on any atom is -0.459 e. The first-order valence-electron chi connectivity index (χ1n) is 12.5. The molecule has 0 radical (unpaired) electrons. The van der Waals surface area contributed by atoms with E-state index in [-0.39, 0.29) is 12.1 Å². The van der Waals surface area contributed by atoms with Gasteiger partial charge in [-0.2, -0.15) is 0 Å². The number of allylic oxidation sites excluding steroid dienone is 2. The number of esters is 1. The number of hydrogen-bond donors (Lipinski definition) is 0. The molecule has 2 unspecified atom stereocenters. The molecule has 1 aromatic heterocycles. The average Bonchev–Trinajstić information content (AvgIpc) is 3.46. The van der Waals surface area contributed by atoms with E-state index in [1.165, 1.54) is 16.7 Å². The molecule has 0 spiro atoms. The highest BCUT2D eigenvalue weighted by Gasteiger charge is 2.40. The Morgan fingerprint density at radius 1 is 1.09 bits per heavy atom. The van der Waals surface area contributed by atoms with Gasteiger partial charge in [-0.1, -0.05) is 42.5 Å². The Kier molecular flexibility index (Phi) is 6.30. The lowest BCUT2D eigenvalue weighted by molar-refractivity contribution is 0.0377. The van der Waals surface area contributed by atoms with Gasteiger partial charge in [-0.3, -0.25) is 4.90 Å². The monoisotopic (exact) mass is 457 g/mol. The lowest BCUT2D eigenvalue weighted by Gasteiger charge is -2.26. The van der Waals surface area contributed by atoms with E-state index >= 15 is 0 Å². The number of carbonyl (C=O) groups is 1. The first kappa shape index (κ1) is 22.9. The molecule has 0 N–H and O–H groups in total. The first-order chi connectivity index (χ1) is 16.4. The zero-order chi connectivity index (χ0) is 23.8. The maximum atomic E-state index is 12.8. The molecule has 3 heterocycles. The molecule has 1 aromatic carbocycles. The van der Waals surface area contributed by atoms with Gasteiger partial charge in [0, 0.05) is 44.3 Å². The largest absolute Gasteiger partial charge is 0.459 e. The standard InChI is InChI=1S/C29H35N3O2/c1-19(2)34-29(33)27-21(4)12-14-30-28(27)31-15-13-23(17-31)32-16-22-9-7-11-25(26(22)18-32)24-10-6-5-8-20(24)3/h5-12,14,19,22-23,26H,13,15-18H2,1-4H3/t22?,23-,26?/m1/s1. The third-order valence-corrected chi connectivity index (χ3v) is 7.55. The van der Waals surface area contributed by atoms with Crippen molar-refractivity contribution in [2.75, 3.05) is 31.1 Å². The second kappa shape index (κ2) is 9.38. The second-order valence-corrected chi connectivity index (χ2v) is 10.2. The number of rotatable bonds is 5. The van der Waals surface area contributed by atoms with E-state index in [2.05, 4.69) is 64.2 Å². The van der Waals surface area contributed by atoms with Crippen LogP contribution < -0.4 is 4.90 Å². The minimum atomic E-state index is -0.274. The molecule has 3 aliphatic rings. The number of ether oxygens (including phenoxy) is 1. The predicted octanol–water partition coefficient (Wildman–Crippen LogP) is 5.04. The molecular formula is C29H35N3O2. The van der Waals surface area contributed by atoms with Crippen molar-refractivity contribution < 1.29 is 9.53 Å². The molecule has 5 heteroatoms. The van der Waals surface area contributed by atoms with Crippen molar-refractivity contribution in [2.24, 2.45) is 11.8 Å². The fourth-order valence-corrected chi connectivity index (χ4v) is 5.84. The van der Waals surface area contributed by atoms with Crippen molar-refractivity contribution in [1.82, 2.24) is 9.88 Å². The van der Waals surface area contributed by atoms with Crippen molar-refractivity contribution in [2.45, 2.75) is 46.3 Å². The molecule has 5 nitrogen and oxygen atoms in total. The van der Waals surface area contributed by atoms with Gasteiger partial charge in [-0.25, -0.2) is 9.78 Å². The van der Waals surface area contributed by atoms with Crippen LogP contribution in [0.25, 0.3) is 5.57 Å². The Bertz CT molecular complexity index is 1140. The van der Waals surface area contributed by atoms with Gasteiger partial charge in [0.15, 0.2) is 0 Å². The van der Waals surface area contributed by atoms with Crippen molar-refractivity contribution in [1.29, 1.82) is 0 Å². The summed E-state index contributed by atoms with van der Waals surface area (Å²) in [6.07, 6.45) is 9.69. The molecule has 0 amide bonds. The number of anilines is 1. The van der Waals surface area contributed by atoms with Gasteiger partial charge in [-0.05, 0) is 68.4 Å². The summed E-state index contributed by atoms with van der Waals surface area (Å²) in [5.74, 6) is 1.59. The smallest absolute Gasteiger partial charge is 0.342 e. The van der Waals surface area contributed by atoms with Gasteiger partial charge in [0.1, 0.15) is 11.4 Å². The number of nitrogens with zero attached hydrogens (tertiary/aromatic N) is 3. The number of pyridine rings is 1. The number of carbonyl (C=O) groups excluding carboxylic acids is 1. The SMILES string of the molecule is Cc1ccccc1C1=CC=CC2CN([C@@H]3CCN(c4nccc(C)c4C(=O)OC(C)C)C3)CC12. The van der Waals surface area contributed by atoms with Crippen LogP contribution in [0.4, 0.5) is 5.82 Å². The molecule has 2 aromatic rings. The van der Waals surface area contributed by atoms with Gasteiger partial charge in [-0.15, -0.1) is 0 Å². The molecule has 0 saturated carbocycles. The molecule has 2 saturated heterocycles. The van der Waals surface area contributed by atoms with Crippen LogP contribution in [0, 0.1) is 25.7 Å². The molecule has 1 aliphatic carbocycles. The summed E-state index contributed by atoms with van der Waals surface area (Å²) in [5.41, 5.74) is 5.74. The number of likely N-dealkylation sites (tertiary alicyclic amines) is 1. The molecule has 5 rings (SSSR count). The van der Waals surface area contributed by atoms with Crippen LogP contribution in [0.15, 0.2) is 54.8 Å². The summed E-state index contributed by atoms with van der Waals surface area (Å²) < 4.78 is 5.54. The minimum absolute atomic E-state index is 0.150. The summed E-state index contributed by atoms with van der Waals surface area (Å²) in [6, 6.07) is 11.1. The molecule has 2 aliphatic heterocycles. The summed E-state index contributed by atoms with van der Waals surface area (Å²) in [4.78, 5) is 22.4. The zero-order valence-corrected chi connectivity index (χ0v) is 20.7. The van der Waals surface area contributed by atoms with Crippen LogP contribution in [0.5, 0.6) is 0 Å². The highest BCUT2D eigenvalue weighted by molar-refractivity contribution is 5.96. The van der Waals surface area contributed by atoms with E-state index in [0.29, 0.717) is 23.4 Å². The summed E-state index contributed by atoms with van der Waals surface area (Å²) in [6.45, 7) is 11.9. The first-order valence-corrected chi connectivity index (χ1v) is 12.5. The van der Waals surface area contributed by atoms with Crippen molar-refractivity contribution in [3.05, 3.63) is 77.0 Å². The number of hydrogen-bond acceptors (Lipinski definition) is 5. The second-order valence-electron chi connectivity index (χ2n) is 10.2. The van der Waals surface area contributed by atoms with Crippen LogP contribution in [-0.2, 0) is 4.74 Å². The van der Waals surface area contributed by atoms with Crippen molar-refractivity contribution in [3.63, 3.8) is 0 Å². The van der Waals surface area contributed by atoms with Gasteiger partial charge in [0.2, 0.25) is 0 Å². The lowest BCUT2D eigenvalue weighted by atomic mass is 9.80. The third-order valence-electron chi connectivity index (χ3n) is 7.55. The summed E-state index contributed by atoms with van der Waals surface area (Å²) >= 11 is 0. The molecule has 0 bridgehead atoms. The molecular weight excluding hydrogens is 422 g/mol. The van der Waals surface area contributed by atoms with Crippen LogP contribution in [0.2, 0.25) is 0 Å². The maximum absolute atomic E-state index is 12.8. The van der Waals surface area contributed by atoms with Gasteiger partial charge in [0.05, 0.1) is 6.10 Å². The van der Waals surface area contributed by atoms with Crippen molar-refractivity contribution in [3.8, 4) is 0 Å². The molecule has 34 heavy (non-hydrogen) atoms. The Labute approximate surface area is 203 Å². The zero-order valence-electron chi connectivity index (χ0n) is 20.7. The Morgan fingerprint density at radius 2 is 1.91 bits per heavy atom. The van der Waals surface area contributed by atoms with E-state index in [9.17, 15) is 4.79 Å².